The minimum Gasteiger partial charge on any atom is -0.465 e. The second-order valence-corrected chi connectivity index (χ2v) is 8.63. The molecule has 0 saturated carbocycles. The Morgan fingerprint density at radius 1 is 1.09 bits per heavy atom. The Kier molecular flexibility index (Phi) is 7.07. The van der Waals surface area contributed by atoms with Crippen molar-refractivity contribution < 1.29 is 19.1 Å². The van der Waals surface area contributed by atoms with Gasteiger partial charge in [0, 0.05) is 11.1 Å². The van der Waals surface area contributed by atoms with Gasteiger partial charge in [0.2, 0.25) is 0 Å². The minimum atomic E-state index is -0.571. The van der Waals surface area contributed by atoms with Crippen LogP contribution in [0.25, 0.3) is 23.1 Å². The summed E-state index contributed by atoms with van der Waals surface area (Å²) in [5.41, 5.74) is 1.49. The molecule has 0 atom stereocenters. The largest absolute Gasteiger partial charge is 0.465 e. The van der Waals surface area contributed by atoms with Gasteiger partial charge in [-0.15, -0.1) is 11.3 Å². The Balaban J connectivity index is 1.82. The van der Waals surface area contributed by atoms with Crippen molar-refractivity contribution in [3.63, 3.8) is 0 Å². The summed E-state index contributed by atoms with van der Waals surface area (Å²) in [5, 5.41) is 0.833. The Labute approximate surface area is 203 Å². The molecule has 0 spiro atoms. The molecule has 0 unspecified atom stereocenters. The van der Waals surface area contributed by atoms with Crippen molar-refractivity contribution in [2.75, 3.05) is 13.7 Å². The Morgan fingerprint density at radius 3 is 2.54 bits per heavy atom. The molecule has 0 amide bonds. The van der Waals surface area contributed by atoms with Crippen molar-refractivity contribution in [2.45, 2.75) is 13.5 Å². The number of esters is 2. The number of nitrogens with one attached hydrogen (secondary N) is 1. The molecular formula is C26H22N2O6S. The maximum Gasteiger partial charge on any atom is 0.337 e. The standard InChI is InChI=1S/C26H22N2O6S/c1-3-34-23(29)14-22-28(15-16-8-10-17(11-9-16)26(32)33-2)25(31)21(35-22)13-19-12-18-6-4-5-7-20(18)27-24(19)30/h4-14H,3,15H2,1-2H3,(H,27,30)/b21-13-,22-14-. The van der Waals surface area contributed by atoms with Crippen LogP contribution < -0.4 is 20.3 Å². The van der Waals surface area contributed by atoms with Crippen LogP contribution in [-0.2, 0) is 20.8 Å². The summed E-state index contributed by atoms with van der Waals surface area (Å²) in [6.07, 6.45) is 2.79. The molecule has 0 aliphatic heterocycles. The van der Waals surface area contributed by atoms with Gasteiger partial charge in [0.25, 0.3) is 11.1 Å². The topological polar surface area (TPSA) is 107 Å². The van der Waals surface area contributed by atoms with Crippen LogP contribution >= 0.6 is 11.3 Å². The fourth-order valence-electron chi connectivity index (χ4n) is 3.54. The van der Waals surface area contributed by atoms with Gasteiger partial charge in [-0.3, -0.25) is 14.2 Å². The number of thiazole rings is 1. The fraction of sp³-hybridized carbons (Fsp3) is 0.154. The van der Waals surface area contributed by atoms with Gasteiger partial charge in [-0.25, -0.2) is 9.59 Å². The van der Waals surface area contributed by atoms with Crippen LogP contribution in [0.4, 0.5) is 0 Å². The average molecular weight is 491 g/mol. The molecule has 0 aliphatic rings. The van der Waals surface area contributed by atoms with Crippen molar-refractivity contribution in [3.8, 4) is 0 Å². The Hall–Kier alpha value is -4.24. The zero-order chi connectivity index (χ0) is 24.9. The monoisotopic (exact) mass is 490 g/mol. The summed E-state index contributed by atoms with van der Waals surface area (Å²) in [6.45, 7) is 2.05. The number of aromatic nitrogens is 2. The molecule has 0 saturated heterocycles. The molecule has 8 nitrogen and oxygen atoms in total. The van der Waals surface area contributed by atoms with Gasteiger partial charge < -0.3 is 14.5 Å². The number of hydrogen-bond acceptors (Lipinski definition) is 7. The lowest BCUT2D eigenvalue weighted by molar-refractivity contribution is -0.135. The van der Waals surface area contributed by atoms with E-state index in [1.807, 2.05) is 18.2 Å². The summed E-state index contributed by atoms with van der Waals surface area (Å²) >= 11 is 1.09. The SMILES string of the molecule is CCOC(=O)/C=c1\s/c(=C\c2cc3ccccc3[nH]c2=O)c(=O)n1Cc1ccc(C(=O)OC)cc1. The Bertz CT molecular complexity index is 1640. The lowest BCUT2D eigenvalue weighted by atomic mass is 10.1. The normalized spacial score (nSPS) is 12.2. The number of carbonyl (C=O) groups excluding carboxylic acids is 2. The van der Waals surface area contributed by atoms with E-state index >= 15 is 0 Å². The number of aromatic amines is 1. The molecule has 4 rings (SSSR count). The maximum atomic E-state index is 13.3. The van der Waals surface area contributed by atoms with Gasteiger partial charge in [-0.05, 0) is 48.2 Å². The third-order valence-corrected chi connectivity index (χ3v) is 6.31. The summed E-state index contributed by atoms with van der Waals surface area (Å²) in [5.74, 6) is -1.03. The first-order valence-electron chi connectivity index (χ1n) is 10.8. The maximum absolute atomic E-state index is 13.3. The second-order valence-electron chi connectivity index (χ2n) is 7.57. The minimum absolute atomic E-state index is 0.157. The summed E-state index contributed by atoms with van der Waals surface area (Å²) in [4.78, 5) is 52.6. The third kappa shape index (κ3) is 5.30. The van der Waals surface area contributed by atoms with E-state index in [-0.39, 0.29) is 24.3 Å². The van der Waals surface area contributed by atoms with E-state index in [0.29, 0.717) is 25.8 Å². The molecule has 2 aromatic heterocycles. The molecular weight excluding hydrogens is 468 g/mol. The average Bonchev–Trinajstić information content (AvgIpc) is 3.13. The molecule has 1 N–H and O–H groups in total. The molecule has 9 heteroatoms. The molecule has 4 aromatic rings. The molecule has 0 aliphatic carbocycles. The number of hydrogen-bond donors (Lipinski definition) is 1. The van der Waals surface area contributed by atoms with E-state index < -0.39 is 11.9 Å². The number of fused-ring (bicyclic) bond motifs is 1. The molecule has 35 heavy (non-hydrogen) atoms. The highest BCUT2D eigenvalue weighted by Crippen LogP contribution is 2.10. The first kappa shape index (κ1) is 23.9. The molecule has 0 radical (unpaired) electrons. The predicted molar refractivity (Wildman–Crippen MR) is 134 cm³/mol. The zero-order valence-corrected chi connectivity index (χ0v) is 19.9. The van der Waals surface area contributed by atoms with Crippen LogP contribution in [-0.4, -0.2) is 35.2 Å². The predicted octanol–water partition coefficient (Wildman–Crippen LogP) is 1.76. The fourth-order valence-corrected chi connectivity index (χ4v) is 4.56. The van der Waals surface area contributed by atoms with Crippen LogP contribution in [0.2, 0.25) is 0 Å². The highest BCUT2D eigenvalue weighted by molar-refractivity contribution is 7.07. The number of pyridine rings is 1. The third-order valence-electron chi connectivity index (χ3n) is 5.25. The molecule has 2 aromatic carbocycles. The number of benzene rings is 2. The lowest BCUT2D eigenvalue weighted by Gasteiger charge is -2.04. The van der Waals surface area contributed by atoms with E-state index in [1.54, 1.807) is 43.3 Å². The molecule has 0 bridgehead atoms. The van der Waals surface area contributed by atoms with Gasteiger partial charge in [0.05, 0.1) is 36.4 Å². The first-order chi connectivity index (χ1) is 16.9. The van der Waals surface area contributed by atoms with Crippen molar-refractivity contribution in [3.05, 3.63) is 101 Å². The van der Waals surface area contributed by atoms with E-state index in [9.17, 15) is 19.2 Å². The number of H-pyrrole nitrogens is 1. The lowest BCUT2D eigenvalue weighted by Crippen LogP contribution is -2.32. The first-order valence-corrected chi connectivity index (χ1v) is 11.6. The van der Waals surface area contributed by atoms with E-state index in [2.05, 4.69) is 4.98 Å². The van der Waals surface area contributed by atoms with Gasteiger partial charge in [-0.2, -0.15) is 0 Å². The highest BCUT2D eigenvalue weighted by Gasteiger charge is 2.10. The highest BCUT2D eigenvalue weighted by atomic mass is 32.1. The summed E-state index contributed by atoms with van der Waals surface area (Å²) < 4.78 is 11.9. The van der Waals surface area contributed by atoms with E-state index in [1.165, 1.54) is 23.8 Å². The number of ether oxygens (including phenoxy) is 2. The van der Waals surface area contributed by atoms with Crippen LogP contribution in [0.1, 0.15) is 28.4 Å². The number of nitrogens with zero attached hydrogens (tertiary/aromatic N) is 1. The number of methoxy groups -OCH3 is 1. The van der Waals surface area contributed by atoms with Crippen LogP contribution in [0.15, 0.2) is 64.2 Å². The number of rotatable bonds is 6. The smallest absolute Gasteiger partial charge is 0.337 e. The van der Waals surface area contributed by atoms with Crippen LogP contribution in [0.5, 0.6) is 0 Å². The van der Waals surface area contributed by atoms with Gasteiger partial charge >= 0.3 is 11.9 Å². The van der Waals surface area contributed by atoms with Crippen molar-refractivity contribution >= 4 is 46.3 Å². The van der Waals surface area contributed by atoms with Crippen molar-refractivity contribution in [2.24, 2.45) is 0 Å². The van der Waals surface area contributed by atoms with Crippen molar-refractivity contribution in [1.82, 2.24) is 9.55 Å². The molecule has 178 valence electrons. The summed E-state index contributed by atoms with van der Waals surface area (Å²) in [7, 11) is 1.30. The summed E-state index contributed by atoms with van der Waals surface area (Å²) in [6, 6.07) is 15.7. The van der Waals surface area contributed by atoms with E-state index in [0.717, 1.165) is 22.3 Å². The zero-order valence-electron chi connectivity index (χ0n) is 19.1. The van der Waals surface area contributed by atoms with Gasteiger partial charge in [0.1, 0.15) is 4.66 Å². The van der Waals surface area contributed by atoms with Crippen molar-refractivity contribution in [1.29, 1.82) is 0 Å². The quantitative estimate of drug-likeness (QED) is 0.413. The van der Waals surface area contributed by atoms with Gasteiger partial charge in [-0.1, -0.05) is 30.3 Å². The van der Waals surface area contributed by atoms with Crippen LogP contribution in [0, 0.1) is 0 Å². The Morgan fingerprint density at radius 2 is 1.83 bits per heavy atom. The van der Waals surface area contributed by atoms with Gasteiger partial charge in [0.15, 0.2) is 0 Å². The molecule has 2 heterocycles. The number of para-hydroxylation sites is 1. The van der Waals surface area contributed by atoms with Crippen LogP contribution in [0.3, 0.4) is 0 Å². The molecule has 0 fully saturated rings. The number of carbonyl (C=O) groups is 2. The second kappa shape index (κ2) is 10.4. The van der Waals surface area contributed by atoms with E-state index in [4.69, 9.17) is 9.47 Å².